The Labute approximate surface area is 111 Å². The second-order valence-corrected chi connectivity index (χ2v) is 7.01. The number of sulfone groups is 1. The van der Waals surface area contributed by atoms with Crippen molar-refractivity contribution in [2.24, 2.45) is 0 Å². The van der Waals surface area contributed by atoms with Gasteiger partial charge in [-0.3, -0.25) is 4.79 Å². The highest BCUT2D eigenvalue weighted by atomic mass is 32.2. The number of aromatic nitrogens is 2. The summed E-state index contributed by atoms with van der Waals surface area (Å²) in [4.78, 5) is 13.5. The molecule has 7 nitrogen and oxygen atoms in total. The molecular formula is C11H17N3O4S. The molecule has 1 amide bonds. The Morgan fingerprint density at radius 3 is 2.74 bits per heavy atom. The van der Waals surface area contributed by atoms with Crippen LogP contribution in [0.5, 0.6) is 0 Å². The van der Waals surface area contributed by atoms with E-state index in [-0.39, 0.29) is 29.9 Å². The molecule has 0 saturated carbocycles. The van der Waals surface area contributed by atoms with Crippen molar-refractivity contribution in [3.8, 4) is 0 Å². The average molecular weight is 287 g/mol. The lowest BCUT2D eigenvalue weighted by molar-refractivity contribution is -0.131. The minimum Gasteiger partial charge on any atom is -0.426 e. The van der Waals surface area contributed by atoms with Gasteiger partial charge in [-0.1, -0.05) is 0 Å². The number of carbonyl (C=O) groups excluding carboxylic acids is 1. The van der Waals surface area contributed by atoms with E-state index in [1.807, 2.05) is 0 Å². The third kappa shape index (κ3) is 3.52. The molecule has 0 radical (unpaired) electrons. The molecule has 1 unspecified atom stereocenters. The molecule has 1 aliphatic heterocycles. The molecule has 2 heterocycles. The van der Waals surface area contributed by atoms with Crippen molar-refractivity contribution < 1.29 is 17.6 Å². The van der Waals surface area contributed by atoms with Crippen LogP contribution in [0.2, 0.25) is 0 Å². The Kier molecular flexibility index (Phi) is 3.88. The zero-order valence-electron chi connectivity index (χ0n) is 11.0. The third-order valence-corrected chi connectivity index (χ3v) is 5.02. The molecule has 0 aromatic carbocycles. The summed E-state index contributed by atoms with van der Waals surface area (Å²) in [6, 6.07) is -0.207. The van der Waals surface area contributed by atoms with Crippen molar-refractivity contribution in [1.29, 1.82) is 0 Å². The highest BCUT2D eigenvalue weighted by Gasteiger charge is 2.32. The van der Waals surface area contributed by atoms with Gasteiger partial charge in [0.1, 0.15) is 0 Å². The van der Waals surface area contributed by atoms with E-state index in [1.54, 1.807) is 14.0 Å². The summed E-state index contributed by atoms with van der Waals surface area (Å²) in [5, 5.41) is 7.50. The summed E-state index contributed by atoms with van der Waals surface area (Å²) in [5.74, 6) is 1.03. The molecule has 1 atom stereocenters. The van der Waals surface area contributed by atoms with Crippen LogP contribution >= 0.6 is 0 Å². The molecular weight excluding hydrogens is 270 g/mol. The fraction of sp³-hybridized carbons (Fsp3) is 0.727. The topological polar surface area (TPSA) is 93.4 Å². The van der Waals surface area contributed by atoms with Crippen molar-refractivity contribution >= 4 is 15.7 Å². The Bertz CT molecular complexity index is 566. The van der Waals surface area contributed by atoms with Gasteiger partial charge in [0.2, 0.25) is 17.7 Å². The normalized spacial score (nSPS) is 21.5. The van der Waals surface area contributed by atoms with Gasteiger partial charge in [-0.25, -0.2) is 8.42 Å². The van der Waals surface area contributed by atoms with E-state index < -0.39 is 9.84 Å². The predicted octanol–water partition coefficient (Wildman–Crippen LogP) is -0.0439. The van der Waals surface area contributed by atoms with Gasteiger partial charge < -0.3 is 9.32 Å². The quantitative estimate of drug-likeness (QED) is 0.771. The van der Waals surface area contributed by atoms with Gasteiger partial charge in [-0.05, 0) is 6.42 Å². The minimum atomic E-state index is -2.97. The van der Waals surface area contributed by atoms with Gasteiger partial charge in [0, 0.05) is 32.9 Å². The monoisotopic (exact) mass is 287 g/mol. The van der Waals surface area contributed by atoms with Gasteiger partial charge in [0.15, 0.2) is 9.84 Å². The van der Waals surface area contributed by atoms with Gasteiger partial charge in [0.05, 0.1) is 11.5 Å². The summed E-state index contributed by atoms with van der Waals surface area (Å²) < 4.78 is 27.9. The number of amides is 1. The van der Waals surface area contributed by atoms with Crippen molar-refractivity contribution in [2.45, 2.75) is 32.2 Å². The Morgan fingerprint density at radius 1 is 1.47 bits per heavy atom. The maximum atomic E-state index is 12.0. The van der Waals surface area contributed by atoms with Crippen LogP contribution in [0.15, 0.2) is 4.42 Å². The maximum absolute atomic E-state index is 12.0. The Balaban J connectivity index is 1.86. The summed E-state index contributed by atoms with van der Waals surface area (Å²) >= 11 is 0. The smallest absolute Gasteiger partial charge is 0.223 e. The van der Waals surface area contributed by atoms with Gasteiger partial charge in [-0.15, -0.1) is 10.2 Å². The first-order valence-corrected chi connectivity index (χ1v) is 7.94. The molecule has 2 rings (SSSR count). The number of nitrogens with zero attached hydrogens (tertiary/aromatic N) is 3. The molecule has 1 saturated heterocycles. The van der Waals surface area contributed by atoms with Gasteiger partial charge >= 0.3 is 0 Å². The van der Waals surface area contributed by atoms with Crippen molar-refractivity contribution in [3.63, 3.8) is 0 Å². The zero-order chi connectivity index (χ0) is 14.0. The lowest BCUT2D eigenvalue weighted by Crippen LogP contribution is -2.37. The molecule has 1 aliphatic rings. The maximum Gasteiger partial charge on any atom is 0.223 e. The van der Waals surface area contributed by atoms with Crippen LogP contribution in [0, 0.1) is 6.92 Å². The van der Waals surface area contributed by atoms with Crippen LogP contribution in [0.25, 0.3) is 0 Å². The summed E-state index contributed by atoms with van der Waals surface area (Å²) in [7, 11) is -1.33. The van der Waals surface area contributed by atoms with E-state index in [4.69, 9.17) is 4.42 Å². The molecule has 106 valence electrons. The molecule has 1 aromatic rings. The van der Waals surface area contributed by atoms with Crippen LogP contribution in [0.4, 0.5) is 0 Å². The summed E-state index contributed by atoms with van der Waals surface area (Å²) in [6.07, 6.45) is 1.14. The van der Waals surface area contributed by atoms with E-state index in [0.717, 1.165) is 0 Å². The Morgan fingerprint density at radius 2 is 2.21 bits per heavy atom. The standard InChI is InChI=1S/C11H17N3O4S/c1-8-12-13-10(18-8)3-4-11(15)14(2)9-5-6-19(16,17)7-9/h9H,3-7H2,1-2H3. The fourth-order valence-electron chi connectivity index (χ4n) is 2.11. The summed E-state index contributed by atoms with van der Waals surface area (Å²) in [6.45, 7) is 1.69. The first-order valence-electron chi connectivity index (χ1n) is 6.12. The van der Waals surface area contributed by atoms with Crippen LogP contribution < -0.4 is 0 Å². The lowest BCUT2D eigenvalue weighted by atomic mass is 10.2. The number of rotatable bonds is 4. The average Bonchev–Trinajstić information content (AvgIpc) is 2.91. The van der Waals surface area contributed by atoms with Crippen molar-refractivity contribution in [2.75, 3.05) is 18.6 Å². The molecule has 1 aromatic heterocycles. The minimum absolute atomic E-state index is 0.0644. The van der Waals surface area contributed by atoms with Crippen molar-refractivity contribution in [1.82, 2.24) is 15.1 Å². The third-order valence-electron chi connectivity index (χ3n) is 3.27. The number of hydrogen-bond donors (Lipinski definition) is 0. The van der Waals surface area contributed by atoms with E-state index >= 15 is 0 Å². The molecule has 0 spiro atoms. The van der Waals surface area contributed by atoms with E-state index in [1.165, 1.54) is 4.90 Å². The summed E-state index contributed by atoms with van der Waals surface area (Å²) in [5.41, 5.74) is 0. The predicted molar refractivity (Wildman–Crippen MR) is 67.2 cm³/mol. The fourth-order valence-corrected chi connectivity index (χ4v) is 3.89. The van der Waals surface area contributed by atoms with Gasteiger partial charge in [0.25, 0.3) is 0 Å². The second kappa shape index (κ2) is 5.28. The van der Waals surface area contributed by atoms with Crippen LogP contribution in [-0.2, 0) is 21.1 Å². The van der Waals surface area contributed by atoms with E-state index in [2.05, 4.69) is 10.2 Å². The molecule has 19 heavy (non-hydrogen) atoms. The van der Waals surface area contributed by atoms with E-state index in [9.17, 15) is 13.2 Å². The van der Waals surface area contributed by atoms with Crippen LogP contribution in [-0.4, -0.2) is 54.0 Å². The number of carbonyl (C=O) groups is 1. The lowest BCUT2D eigenvalue weighted by Gasteiger charge is -2.23. The second-order valence-electron chi connectivity index (χ2n) is 4.78. The first-order chi connectivity index (χ1) is 8.87. The van der Waals surface area contributed by atoms with Gasteiger partial charge in [-0.2, -0.15) is 0 Å². The first kappa shape index (κ1) is 14.0. The number of hydrogen-bond acceptors (Lipinski definition) is 6. The van der Waals surface area contributed by atoms with E-state index in [0.29, 0.717) is 24.6 Å². The van der Waals surface area contributed by atoms with Crippen molar-refractivity contribution in [3.05, 3.63) is 11.8 Å². The zero-order valence-corrected chi connectivity index (χ0v) is 11.8. The Hall–Kier alpha value is -1.44. The largest absolute Gasteiger partial charge is 0.426 e. The van der Waals surface area contributed by atoms with Crippen LogP contribution in [0.1, 0.15) is 24.6 Å². The highest BCUT2D eigenvalue weighted by Crippen LogP contribution is 2.17. The highest BCUT2D eigenvalue weighted by molar-refractivity contribution is 7.91. The molecule has 0 aliphatic carbocycles. The molecule has 1 fully saturated rings. The van der Waals surface area contributed by atoms with Crippen LogP contribution in [0.3, 0.4) is 0 Å². The molecule has 0 bridgehead atoms. The molecule has 0 N–H and O–H groups in total. The SMILES string of the molecule is Cc1nnc(CCC(=O)N(C)C2CCS(=O)(=O)C2)o1. The molecule has 8 heteroatoms. The number of aryl methyl sites for hydroxylation is 2.